The zero-order valence-corrected chi connectivity index (χ0v) is 24.6. The first-order valence-corrected chi connectivity index (χ1v) is 14.9. The molecule has 4 N–H and O–H groups in total. The molecule has 13 heteroatoms. The third-order valence-electron chi connectivity index (χ3n) is 8.23. The van der Waals surface area contributed by atoms with Crippen LogP contribution in [0.3, 0.4) is 0 Å². The summed E-state index contributed by atoms with van der Waals surface area (Å²) in [7, 11) is 0. The lowest BCUT2D eigenvalue weighted by molar-refractivity contribution is -0.125. The van der Waals surface area contributed by atoms with Crippen molar-refractivity contribution in [2.24, 2.45) is 5.92 Å². The molecule has 2 amide bonds. The second-order valence-corrected chi connectivity index (χ2v) is 11.2. The molecule has 0 aliphatic carbocycles. The van der Waals surface area contributed by atoms with E-state index in [1.54, 1.807) is 36.7 Å². The van der Waals surface area contributed by atoms with Gasteiger partial charge in [0.15, 0.2) is 0 Å². The molecule has 2 fully saturated rings. The number of nitrogens with two attached hydrogens (primary N) is 1. The van der Waals surface area contributed by atoms with Crippen molar-refractivity contribution < 1.29 is 23.1 Å². The second-order valence-electron chi connectivity index (χ2n) is 11.2. The van der Waals surface area contributed by atoms with E-state index in [1.165, 1.54) is 12.3 Å². The first-order chi connectivity index (χ1) is 21.7. The van der Waals surface area contributed by atoms with E-state index in [9.17, 15) is 18.4 Å². The van der Waals surface area contributed by atoms with Gasteiger partial charge >= 0.3 is 0 Å². The second kappa shape index (κ2) is 12.6. The van der Waals surface area contributed by atoms with Crippen LogP contribution in [0, 0.1) is 5.92 Å². The predicted octanol–water partition coefficient (Wildman–Crippen LogP) is 4.42. The Kier molecular flexibility index (Phi) is 8.44. The van der Waals surface area contributed by atoms with Crippen LogP contribution in [0.1, 0.15) is 41.6 Å². The molecule has 1 aromatic carbocycles. The number of nitrogens with one attached hydrogen (secondary N) is 2. The number of hydrogen-bond acceptors (Lipinski definition) is 8. The largest absolute Gasteiger partial charge is 0.382 e. The van der Waals surface area contributed by atoms with Crippen LogP contribution in [0.15, 0.2) is 67.6 Å². The SMILES string of the molecule is C=CC(F)(F)c1ccnc(NC(=O)c2ccc(-c3nc(N4CCCC(C(=O)NCC5CCCO5)C4)n4ccnc(N)c34)cc2)c1. The number of nitrogens with zero attached hydrogens (tertiary/aromatic N) is 5. The molecule has 11 nitrogen and oxygen atoms in total. The summed E-state index contributed by atoms with van der Waals surface area (Å²) in [6, 6.07) is 8.98. The molecule has 0 radical (unpaired) electrons. The first kappa shape index (κ1) is 30.1. The highest BCUT2D eigenvalue weighted by Gasteiger charge is 2.30. The first-order valence-electron chi connectivity index (χ1n) is 14.9. The summed E-state index contributed by atoms with van der Waals surface area (Å²) in [5, 5.41) is 5.63. The fourth-order valence-corrected chi connectivity index (χ4v) is 5.80. The Bertz CT molecular complexity index is 1720. The zero-order valence-electron chi connectivity index (χ0n) is 24.6. The summed E-state index contributed by atoms with van der Waals surface area (Å²) in [5.41, 5.74) is 8.18. The number of rotatable bonds is 9. The summed E-state index contributed by atoms with van der Waals surface area (Å²) in [4.78, 5) is 41.3. The van der Waals surface area contributed by atoms with Crippen molar-refractivity contribution in [3.63, 3.8) is 0 Å². The lowest BCUT2D eigenvalue weighted by Gasteiger charge is -2.32. The van der Waals surface area contributed by atoms with E-state index >= 15 is 0 Å². The number of pyridine rings is 1. The van der Waals surface area contributed by atoms with Gasteiger partial charge in [-0.15, -0.1) is 0 Å². The summed E-state index contributed by atoms with van der Waals surface area (Å²) in [6.07, 6.45) is 8.81. The maximum absolute atomic E-state index is 14.0. The average molecular weight is 617 g/mol. The number of anilines is 3. The zero-order chi connectivity index (χ0) is 31.6. The number of hydrogen-bond donors (Lipinski definition) is 3. The van der Waals surface area contributed by atoms with E-state index in [0.29, 0.717) is 53.3 Å². The Morgan fingerprint density at radius 3 is 2.71 bits per heavy atom. The number of amides is 2. The Morgan fingerprint density at radius 1 is 1.13 bits per heavy atom. The van der Waals surface area contributed by atoms with Crippen LogP contribution in [0.25, 0.3) is 16.8 Å². The summed E-state index contributed by atoms with van der Waals surface area (Å²) in [5.74, 6) is -3.01. The summed E-state index contributed by atoms with van der Waals surface area (Å²) in [6.45, 7) is 5.66. The van der Waals surface area contributed by atoms with Crippen molar-refractivity contribution in [1.82, 2.24) is 24.7 Å². The number of ether oxygens (including phenoxy) is 1. The molecule has 45 heavy (non-hydrogen) atoms. The van der Waals surface area contributed by atoms with Gasteiger partial charge in [-0.25, -0.2) is 15.0 Å². The summed E-state index contributed by atoms with van der Waals surface area (Å²) >= 11 is 0. The Hall–Kier alpha value is -4.91. The van der Waals surface area contributed by atoms with E-state index in [4.69, 9.17) is 15.5 Å². The number of carbonyl (C=O) groups is 2. The molecule has 2 atom stereocenters. The molecule has 2 aliphatic heterocycles. The molecule has 0 spiro atoms. The fourth-order valence-electron chi connectivity index (χ4n) is 5.80. The number of piperidine rings is 1. The lowest BCUT2D eigenvalue weighted by atomic mass is 9.97. The fraction of sp³-hybridized carbons (Fsp3) is 0.344. The normalized spacial score (nSPS) is 18.6. The van der Waals surface area contributed by atoms with Crippen LogP contribution in [0.4, 0.5) is 26.4 Å². The van der Waals surface area contributed by atoms with Gasteiger partial charge in [0.25, 0.3) is 11.8 Å². The Labute approximate surface area is 258 Å². The minimum atomic E-state index is -3.25. The maximum Gasteiger partial charge on any atom is 0.291 e. The molecular formula is C32H34F2N8O3. The highest BCUT2D eigenvalue weighted by Crippen LogP contribution is 2.34. The minimum Gasteiger partial charge on any atom is -0.382 e. The Morgan fingerprint density at radius 2 is 1.96 bits per heavy atom. The summed E-state index contributed by atoms with van der Waals surface area (Å²) < 4.78 is 35.6. The van der Waals surface area contributed by atoms with Gasteiger partial charge in [0.2, 0.25) is 11.9 Å². The predicted molar refractivity (Wildman–Crippen MR) is 166 cm³/mol. The third kappa shape index (κ3) is 6.34. The monoisotopic (exact) mass is 616 g/mol. The molecule has 5 heterocycles. The van der Waals surface area contributed by atoms with Crippen molar-refractivity contribution in [2.75, 3.05) is 42.2 Å². The standard InChI is InChI=1S/C32H34F2N8O3/c1-2-32(33,34)23-11-12-36-25(17-23)39-30(44)21-9-7-20(8-10-21)26-27-28(35)37-13-15-42(27)31(40-26)41-14-3-5-22(19-41)29(43)38-18-24-6-4-16-45-24/h2,7-13,15,17,22,24H,1,3-6,14,16,18-19H2,(H2,35,37)(H,38,43)(H,36,39,44). The quantitative estimate of drug-likeness (QED) is 0.235. The van der Waals surface area contributed by atoms with Gasteiger partial charge in [-0.3, -0.25) is 14.0 Å². The number of alkyl halides is 2. The number of halogens is 2. The number of benzene rings is 1. The Balaban J connectivity index is 1.21. The maximum atomic E-state index is 14.0. The van der Waals surface area contributed by atoms with Crippen LogP contribution in [0.2, 0.25) is 0 Å². The molecule has 2 saturated heterocycles. The molecule has 6 rings (SSSR count). The van der Waals surface area contributed by atoms with Crippen molar-refractivity contribution in [1.29, 1.82) is 0 Å². The molecule has 0 saturated carbocycles. The van der Waals surface area contributed by atoms with E-state index in [-0.39, 0.29) is 29.3 Å². The smallest absolute Gasteiger partial charge is 0.291 e. The number of imidazole rings is 1. The topological polar surface area (TPSA) is 140 Å². The van der Waals surface area contributed by atoms with E-state index in [2.05, 4.69) is 32.1 Å². The molecule has 2 unspecified atom stereocenters. The van der Waals surface area contributed by atoms with E-state index < -0.39 is 11.8 Å². The van der Waals surface area contributed by atoms with Gasteiger partial charge in [-0.1, -0.05) is 18.7 Å². The minimum absolute atomic E-state index is 0.00734. The van der Waals surface area contributed by atoms with Crippen LogP contribution >= 0.6 is 0 Å². The molecular weight excluding hydrogens is 582 g/mol. The highest BCUT2D eigenvalue weighted by atomic mass is 19.3. The number of carbonyl (C=O) groups excluding carboxylic acids is 2. The van der Waals surface area contributed by atoms with Crippen LogP contribution < -0.4 is 21.3 Å². The average Bonchev–Trinajstić information content (AvgIpc) is 3.73. The number of allylic oxidation sites excluding steroid dienone is 1. The van der Waals surface area contributed by atoms with E-state index in [0.717, 1.165) is 44.9 Å². The van der Waals surface area contributed by atoms with Gasteiger partial charge < -0.3 is 26.0 Å². The van der Waals surface area contributed by atoms with Crippen molar-refractivity contribution in [3.05, 3.63) is 78.8 Å². The van der Waals surface area contributed by atoms with Gasteiger partial charge in [-0.05, 0) is 56.0 Å². The van der Waals surface area contributed by atoms with Crippen molar-refractivity contribution >= 4 is 34.9 Å². The third-order valence-corrected chi connectivity index (χ3v) is 8.23. The molecule has 3 aromatic heterocycles. The van der Waals surface area contributed by atoms with Crippen LogP contribution in [-0.4, -0.2) is 63.5 Å². The van der Waals surface area contributed by atoms with Gasteiger partial charge in [0.1, 0.15) is 22.8 Å². The van der Waals surface area contributed by atoms with Crippen LogP contribution in [-0.2, 0) is 15.5 Å². The highest BCUT2D eigenvalue weighted by molar-refractivity contribution is 6.04. The lowest BCUT2D eigenvalue weighted by Crippen LogP contribution is -2.45. The number of nitrogen functional groups attached to an aromatic ring is 1. The van der Waals surface area contributed by atoms with Crippen molar-refractivity contribution in [3.8, 4) is 11.3 Å². The molecule has 4 aromatic rings. The van der Waals surface area contributed by atoms with Crippen LogP contribution in [0.5, 0.6) is 0 Å². The molecule has 2 aliphatic rings. The molecule has 234 valence electrons. The molecule has 0 bridgehead atoms. The van der Waals surface area contributed by atoms with Crippen molar-refractivity contribution in [2.45, 2.75) is 37.7 Å². The van der Waals surface area contributed by atoms with Gasteiger partial charge in [-0.2, -0.15) is 8.78 Å². The van der Waals surface area contributed by atoms with E-state index in [1.807, 2.05) is 4.40 Å². The number of fused-ring (bicyclic) bond motifs is 1. The number of aromatic nitrogens is 4. The van der Waals surface area contributed by atoms with Gasteiger partial charge in [0, 0.05) is 61.5 Å². The van der Waals surface area contributed by atoms with Gasteiger partial charge in [0.05, 0.1) is 12.0 Å².